The highest BCUT2D eigenvalue weighted by molar-refractivity contribution is 9.09. The lowest BCUT2D eigenvalue weighted by Gasteiger charge is -2.15. The summed E-state index contributed by atoms with van der Waals surface area (Å²) in [6, 6.07) is 6.43. The molecule has 0 fully saturated rings. The second kappa shape index (κ2) is 6.26. The fourth-order valence-corrected chi connectivity index (χ4v) is 2.12. The quantitative estimate of drug-likeness (QED) is 0.771. The molecule has 0 spiro atoms. The van der Waals surface area contributed by atoms with Crippen molar-refractivity contribution in [3.63, 3.8) is 0 Å². The topological polar surface area (TPSA) is 12.5 Å². The molecule has 1 aromatic rings. The Morgan fingerprint density at radius 1 is 1.38 bits per heavy atom. The first-order chi connectivity index (χ1) is 7.52. The van der Waals surface area contributed by atoms with Crippen LogP contribution in [0, 0.1) is 0 Å². The van der Waals surface area contributed by atoms with Gasteiger partial charge in [-0.25, -0.2) is 0 Å². The third-order valence-corrected chi connectivity index (χ3v) is 2.67. The fraction of sp³-hybridized carbons (Fsp3) is 0.538. The molecule has 1 aromatic carbocycles. The molecule has 3 heteroatoms. The minimum absolute atomic E-state index is 0.508. The van der Waals surface area contributed by atoms with E-state index in [1.165, 1.54) is 11.1 Å². The monoisotopic (exact) mass is 285 g/mol. The zero-order valence-corrected chi connectivity index (χ0v) is 12.0. The second-order valence-corrected chi connectivity index (χ2v) is 5.93. The van der Waals surface area contributed by atoms with Gasteiger partial charge >= 0.3 is 0 Å². The van der Waals surface area contributed by atoms with Gasteiger partial charge in [0.15, 0.2) is 0 Å². The van der Waals surface area contributed by atoms with Gasteiger partial charge in [0.25, 0.3) is 0 Å². The Bertz CT molecular complexity index is 337. The minimum atomic E-state index is 0.508. The summed E-state index contributed by atoms with van der Waals surface area (Å²) in [6.45, 7) is 3.07. The van der Waals surface area contributed by atoms with Crippen molar-refractivity contribution >= 4 is 15.9 Å². The van der Waals surface area contributed by atoms with Gasteiger partial charge in [-0.2, -0.15) is 0 Å². The summed E-state index contributed by atoms with van der Waals surface area (Å²) >= 11 is 3.58. The molecule has 0 aliphatic rings. The number of hydrogen-bond acceptors (Lipinski definition) is 2. The zero-order valence-electron chi connectivity index (χ0n) is 10.5. The molecule has 0 bridgehead atoms. The maximum atomic E-state index is 5.37. The lowest BCUT2D eigenvalue weighted by atomic mass is 10.1. The standard InChI is InChI=1S/C13H20BrNO/c1-10(14)7-11-5-6-13(16-4)12(8-11)9-15(2)3/h5-6,8,10H,7,9H2,1-4H3. The number of benzene rings is 1. The van der Waals surface area contributed by atoms with Crippen LogP contribution in [0.25, 0.3) is 0 Å². The van der Waals surface area contributed by atoms with E-state index in [0.717, 1.165) is 18.7 Å². The number of rotatable bonds is 5. The minimum Gasteiger partial charge on any atom is -0.496 e. The molecule has 0 aliphatic heterocycles. The Kier molecular flexibility index (Phi) is 5.29. The maximum Gasteiger partial charge on any atom is 0.123 e. The van der Waals surface area contributed by atoms with Crippen LogP contribution in [0.15, 0.2) is 18.2 Å². The Morgan fingerprint density at radius 3 is 2.56 bits per heavy atom. The highest BCUT2D eigenvalue weighted by Crippen LogP contribution is 2.22. The lowest BCUT2D eigenvalue weighted by molar-refractivity contribution is 0.371. The van der Waals surface area contributed by atoms with Crippen LogP contribution in [0.2, 0.25) is 0 Å². The molecule has 0 amide bonds. The summed E-state index contributed by atoms with van der Waals surface area (Å²) in [5, 5.41) is 0. The summed E-state index contributed by atoms with van der Waals surface area (Å²) in [5.41, 5.74) is 2.60. The van der Waals surface area contributed by atoms with Crippen LogP contribution in [0.1, 0.15) is 18.1 Å². The zero-order chi connectivity index (χ0) is 12.1. The van der Waals surface area contributed by atoms with Crippen molar-refractivity contribution in [2.24, 2.45) is 0 Å². The summed E-state index contributed by atoms with van der Waals surface area (Å²) < 4.78 is 5.37. The van der Waals surface area contributed by atoms with Gasteiger partial charge in [0.2, 0.25) is 0 Å². The Hall–Kier alpha value is -0.540. The first-order valence-electron chi connectivity index (χ1n) is 5.47. The first-order valence-corrected chi connectivity index (χ1v) is 6.39. The average Bonchev–Trinajstić information content (AvgIpc) is 2.16. The van der Waals surface area contributed by atoms with Crippen molar-refractivity contribution in [2.45, 2.75) is 24.7 Å². The fourth-order valence-electron chi connectivity index (χ4n) is 1.75. The molecule has 0 saturated carbocycles. The number of alkyl halides is 1. The van der Waals surface area contributed by atoms with E-state index in [1.54, 1.807) is 7.11 Å². The maximum absolute atomic E-state index is 5.37. The highest BCUT2D eigenvalue weighted by Gasteiger charge is 2.07. The van der Waals surface area contributed by atoms with Gasteiger partial charge in [0.1, 0.15) is 5.75 Å². The molecule has 0 aromatic heterocycles. The van der Waals surface area contributed by atoms with Gasteiger partial charge in [0, 0.05) is 16.9 Å². The van der Waals surface area contributed by atoms with Gasteiger partial charge in [-0.15, -0.1) is 0 Å². The summed E-state index contributed by atoms with van der Waals surface area (Å²) in [4.78, 5) is 2.66. The molecule has 16 heavy (non-hydrogen) atoms. The third-order valence-electron chi connectivity index (χ3n) is 2.35. The van der Waals surface area contributed by atoms with E-state index in [1.807, 2.05) is 0 Å². The van der Waals surface area contributed by atoms with Gasteiger partial charge in [-0.05, 0) is 32.1 Å². The van der Waals surface area contributed by atoms with E-state index >= 15 is 0 Å². The largest absolute Gasteiger partial charge is 0.496 e. The van der Waals surface area contributed by atoms with E-state index in [9.17, 15) is 0 Å². The first kappa shape index (κ1) is 13.5. The summed E-state index contributed by atoms with van der Waals surface area (Å²) in [5.74, 6) is 0.972. The molecule has 1 rings (SSSR count). The number of ether oxygens (including phenoxy) is 1. The number of halogens is 1. The molecular formula is C13H20BrNO. The van der Waals surface area contributed by atoms with Gasteiger partial charge in [0.05, 0.1) is 7.11 Å². The second-order valence-electron chi connectivity index (χ2n) is 4.37. The van der Waals surface area contributed by atoms with E-state index in [4.69, 9.17) is 4.74 Å². The molecule has 0 aliphatic carbocycles. The molecule has 90 valence electrons. The van der Waals surface area contributed by atoms with Crippen LogP contribution < -0.4 is 4.74 Å². The Labute approximate surface area is 107 Å². The predicted molar refractivity (Wildman–Crippen MR) is 72.5 cm³/mol. The van der Waals surface area contributed by atoms with Crippen molar-refractivity contribution in [3.8, 4) is 5.75 Å². The average molecular weight is 286 g/mol. The van der Waals surface area contributed by atoms with Crippen molar-refractivity contribution in [1.82, 2.24) is 4.90 Å². The van der Waals surface area contributed by atoms with Crippen molar-refractivity contribution in [3.05, 3.63) is 29.3 Å². The van der Waals surface area contributed by atoms with E-state index in [2.05, 4.69) is 60.0 Å². The smallest absolute Gasteiger partial charge is 0.123 e. The SMILES string of the molecule is COc1ccc(CC(C)Br)cc1CN(C)C. The molecule has 0 N–H and O–H groups in total. The van der Waals surface area contributed by atoms with E-state index in [0.29, 0.717) is 4.83 Å². The molecule has 2 nitrogen and oxygen atoms in total. The lowest BCUT2D eigenvalue weighted by Crippen LogP contribution is -2.12. The molecule has 0 radical (unpaired) electrons. The Morgan fingerprint density at radius 2 is 2.06 bits per heavy atom. The van der Waals surface area contributed by atoms with E-state index < -0.39 is 0 Å². The van der Waals surface area contributed by atoms with Gasteiger partial charge in [-0.1, -0.05) is 35.0 Å². The molecular weight excluding hydrogens is 266 g/mol. The van der Waals surface area contributed by atoms with Crippen LogP contribution in [-0.4, -0.2) is 30.9 Å². The van der Waals surface area contributed by atoms with Crippen molar-refractivity contribution in [2.75, 3.05) is 21.2 Å². The molecule has 1 unspecified atom stereocenters. The van der Waals surface area contributed by atoms with Crippen molar-refractivity contribution in [1.29, 1.82) is 0 Å². The van der Waals surface area contributed by atoms with Crippen LogP contribution in [0.5, 0.6) is 5.75 Å². The molecule has 0 saturated heterocycles. The molecule has 0 heterocycles. The third kappa shape index (κ3) is 4.14. The van der Waals surface area contributed by atoms with Crippen LogP contribution in [-0.2, 0) is 13.0 Å². The Balaban J connectivity index is 2.91. The number of methoxy groups -OCH3 is 1. The summed E-state index contributed by atoms with van der Waals surface area (Å²) in [6.07, 6.45) is 1.05. The van der Waals surface area contributed by atoms with Crippen molar-refractivity contribution < 1.29 is 4.74 Å². The number of hydrogen-bond donors (Lipinski definition) is 0. The van der Waals surface area contributed by atoms with Crippen LogP contribution >= 0.6 is 15.9 Å². The van der Waals surface area contributed by atoms with Crippen LogP contribution in [0.4, 0.5) is 0 Å². The highest BCUT2D eigenvalue weighted by atomic mass is 79.9. The van der Waals surface area contributed by atoms with Crippen LogP contribution in [0.3, 0.4) is 0 Å². The normalized spacial score (nSPS) is 12.9. The summed E-state index contributed by atoms with van der Waals surface area (Å²) in [7, 11) is 5.86. The van der Waals surface area contributed by atoms with E-state index in [-0.39, 0.29) is 0 Å². The molecule has 1 atom stereocenters. The van der Waals surface area contributed by atoms with Gasteiger partial charge < -0.3 is 9.64 Å². The number of nitrogens with zero attached hydrogens (tertiary/aromatic N) is 1. The predicted octanol–water partition coefficient (Wildman–Crippen LogP) is 3.08. The van der Waals surface area contributed by atoms with Gasteiger partial charge in [-0.3, -0.25) is 0 Å².